The molecule has 0 unspecified atom stereocenters. The zero-order valence-corrected chi connectivity index (χ0v) is 17.1. The van der Waals surface area contributed by atoms with Gasteiger partial charge in [-0.15, -0.1) is 11.3 Å². The molecule has 0 aliphatic carbocycles. The van der Waals surface area contributed by atoms with E-state index in [9.17, 15) is 0 Å². The lowest BCUT2D eigenvalue weighted by Gasteiger charge is -2.30. The molecule has 1 aliphatic heterocycles. The van der Waals surface area contributed by atoms with Gasteiger partial charge in [0.1, 0.15) is 10.8 Å². The summed E-state index contributed by atoms with van der Waals surface area (Å²) >= 11 is 7.80. The van der Waals surface area contributed by atoms with E-state index in [1.165, 1.54) is 21.7 Å². The van der Waals surface area contributed by atoms with Crippen molar-refractivity contribution in [1.29, 1.82) is 0 Å². The second-order valence-electron chi connectivity index (χ2n) is 6.99. The third-order valence-corrected chi connectivity index (χ3v) is 6.46. The highest BCUT2D eigenvalue weighted by Gasteiger charge is 2.25. The average Bonchev–Trinajstić information content (AvgIpc) is 3.22. The number of nitrogens with zero attached hydrogens (tertiary/aromatic N) is 2. The fraction of sp³-hybridized carbons (Fsp3) is 0.174. The predicted molar refractivity (Wildman–Crippen MR) is 118 cm³/mol. The normalized spacial score (nSPS) is 12.7. The molecule has 5 rings (SSSR count). The van der Waals surface area contributed by atoms with Crippen LogP contribution in [0.3, 0.4) is 0 Å². The Morgan fingerprint density at radius 2 is 1.96 bits per heavy atom. The maximum Gasteiger partial charge on any atom is 0.121 e. The fourth-order valence-electron chi connectivity index (χ4n) is 3.77. The van der Waals surface area contributed by atoms with E-state index in [0.717, 1.165) is 46.9 Å². The molecule has 0 bridgehead atoms. The Bertz CT molecular complexity index is 1150. The Balaban J connectivity index is 1.48. The van der Waals surface area contributed by atoms with E-state index in [0.29, 0.717) is 0 Å². The quantitative estimate of drug-likeness (QED) is 0.404. The highest BCUT2D eigenvalue weighted by molar-refractivity contribution is 7.14. The maximum atomic E-state index is 6.01. The zero-order valence-electron chi connectivity index (χ0n) is 15.5. The molecule has 2 aromatic carbocycles. The van der Waals surface area contributed by atoms with Gasteiger partial charge in [-0.05, 0) is 59.3 Å². The van der Waals surface area contributed by atoms with Gasteiger partial charge in [0.25, 0.3) is 0 Å². The van der Waals surface area contributed by atoms with E-state index in [4.69, 9.17) is 21.3 Å². The Morgan fingerprint density at radius 3 is 2.79 bits per heavy atom. The lowest BCUT2D eigenvalue weighted by atomic mass is 10.0. The minimum atomic E-state index is 0.783. The van der Waals surface area contributed by atoms with Crippen LogP contribution in [0.2, 0.25) is 5.02 Å². The van der Waals surface area contributed by atoms with Gasteiger partial charge in [0.05, 0.1) is 18.3 Å². The molecule has 0 amide bonds. The van der Waals surface area contributed by atoms with Gasteiger partial charge in [0, 0.05) is 35.1 Å². The number of thiophene rings is 1. The minimum absolute atomic E-state index is 0.783. The maximum absolute atomic E-state index is 6.01. The van der Waals surface area contributed by atoms with Gasteiger partial charge < -0.3 is 9.64 Å². The van der Waals surface area contributed by atoms with Crippen LogP contribution in [0.15, 0.2) is 60.0 Å². The van der Waals surface area contributed by atoms with Crippen molar-refractivity contribution in [2.45, 2.75) is 13.0 Å². The Kier molecular flexibility index (Phi) is 4.46. The highest BCUT2D eigenvalue weighted by atomic mass is 35.5. The summed E-state index contributed by atoms with van der Waals surface area (Å²) in [5.74, 6) is 0.839. The summed E-state index contributed by atoms with van der Waals surface area (Å²) < 4.78 is 5.36. The van der Waals surface area contributed by atoms with E-state index in [-0.39, 0.29) is 0 Å². The van der Waals surface area contributed by atoms with Crippen molar-refractivity contribution >= 4 is 38.8 Å². The Morgan fingerprint density at radius 1 is 1.11 bits per heavy atom. The first kappa shape index (κ1) is 17.5. The zero-order chi connectivity index (χ0) is 19.1. The summed E-state index contributed by atoms with van der Waals surface area (Å²) in [5, 5.41) is 5.39. The molecule has 0 spiro atoms. The van der Waals surface area contributed by atoms with Crippen LogP contribution in [0.25, 0.3) is 22.2 Å². The molecule has 140 valence electrons. The van der Waals surface area contributed by atoms with Gasteiger partial charge in [-0.2, -0.15) is 0 Å². The van der Waals surface area contributed by atoms with Gasteiger partial charge in [-0.25, -0.2) is 4.98 Å². The molecule has 3 nitrogen and oxygen atoms in total. The van der Waals surface area contributed by atoms with Crippen molar-refractivity contribution in [1.82, 2.24) is 4.98 Å². The van der Waals surface area contributed by atoms with Crippen molar-refractivity contribution in [2.24, 2.45) is 0 Å². The third kappa shape index (κ3) is 3.13. The number of halogens is 1. The topological polar surface area (TPSA) is 25.4 Å². The first-order valence-corrected chi connectivity index (χ1v) is 10.5. The number of hydrogen-bond acceptors (Lipinski definition) is 4. The Labute approximate surface area is 173 Å². The number of rotatable bonds is 4. The smallest absolute Gasteiger partial charge is 0.121 e. The van der Waals surface area contributed by atoms with Crippen molar-refractivity contribution < 1.29 is 4.74 Å². The van der Waals surface area contributed by atoms with Gasteiger partial charge in [-0.3, -0.25) is 0 Å². The fourth-order valence-corrected chi connectivity index (χ4v) is 4.83. The number of pyridine rings is 1. The largest absolute Gasteiger partial charge is 0.497 e. The van der Waals surface area contributed by atoms with E-state index in [1.807, 2.05) is 24.3 Å². The standard InChI is InChI=1S/C23H19ClN2OS/c1-27-19-7-4-16-12-17-14-26(10-8-15-2-5-18(24)6-3-15)23-20(9-11-28-23)22(17)25-21(16)13-19/h2-7,9,11-13H,8,10,14H2,1H3. The number of aromatic nitrogens is 1. The number of benzene rings is 2. The molecule has 0 fully saturated rings. The molecule has 3 heterocycles. The summed E-state index contributed by atoms with van der Waals surface area (Å²) in [5.41, 5.74) is 5.88. The van der Waals surface area contributed by atoms with Gasteiger partial charge in [-0.1, -0.05) is 23.7 Å². The van der Waals surface area contributed by atoms with Crippen LogP contribution in [0.1, 0.15) is 11.1 Å². The molecule has 0 atom stereocenters. The summed E-state index contributed by atoms with van der Waals surface area (Å²) in [4.78, 5) is 7.45. The SMILES string of the molecule is COc1ccc2cc3c(nc2c1)-c1ccsc1N(CCc1ccc(Cl)cc1)C3. The van der Waals surface area contributed by atoms with Crippen LogP contribution in [0.4, 0.5) is 5.00 Å². The molecule has 1 aliphatic rings. The third-order valence-electron chi connectivity index (χ3n) is 5.24. The number of hydrogen-bond donors (Lipinski definition) is 0. The molecule has 0 N–H and O–H groups in total. The van der Waals surface area contributed by atoms with E-state index >= 15 is 0 Å². The van der Waals surface area contributed by atoms with Crippen molar-refractivity contribution in [3.05, 3.63) is 76.1 Å². The van der Waals surface area contributed by atoms with Crippen molar-refractivity contribution in [3.8, 4) is 17.0 Å². The number of ether oxygens (including phenoxy) is 1. The summed E-state index contributed by atoms with van der Waals surface area (Å²) in [6, 6.07) is 18.7. The Hall–Kier alpha value is -2.56. The van der Waals surface area contributed by atoms with Crippen LogP contribution in [-0.4, -0.2) is 18.6 Å². The summed E-state index contributed by atoms with van der Waals surface area (Å²) in [6.45, 7) is 1.85. The molecule has 0 radical (unpaired) electrons. The molecule has 5 heteroatoms. The minimum Gasteiger partial charge on any atom is -0.497 e. The number of methoxy groups -OCH3 is 1. The lowest BCUT2D eigenvalue weighted by Crippen LogP contribution is -2.28. The monoisotopic (exact) mass is 406 g/mol. The number of fused-ring (bicyclic) bond motifs is 4. The highest BCUT2D eigenvalue weighted by Crippen LogP contribution is 2.43. The molecular formula is C23H19ClN2OS. The molecule has 4 aromatic rings. The molecular weight excluding hydrogens is 388 g/mol. The summed E-state index contributed by atoms with van der Waals surface area (Å²) in [7, 11) is 1.69. The van der Waals surface area contributed by atoms with Crippen LogP contribution in [0, 0.1) is 0 Å². The van der Waals surface area contributed by atoms with Crippen LogP contribution in [0.5, 0.6) is 5.75 Å². The van der Waals surface area contributed by atoms with Crippen molar-refractivity contribution in [3.63, 3.8) is 0 Å². The molecule has 2 aromatic heterocycles. The second-order valence-corrected chi connectivity index (χ2v) is 8.32. The van der Waals surface area contributed by atoms with Gasteiger partial charge >= 0.3 is 0 Å². The molecule has 28 heavy (non-hydrogen) atoms. The first-order valence-electron chi connectivity index (χ1n) is 9.26. The van der Waals surface area contributed by atoms with Crippen molar-refractivity contribution in [2.75, 3.05) is 18.6 Å². The second kappa shape index (κ2) is 7.12. The van der Waals surface area contributed by atoms with Crippen LogP contribution >= 0.6 is 22.9 Å². The average molecular weight is 407 g/mol. The van der Waals surface area contributed by atoms with Crippen LogP contribution < -0.4 is 9.64 Å². The van der Waals surface area contributed by atoms with Gasteiger partial charge in [0.2, 0.25) is 0 Å². The van der Waals surface area contributed by atoms with E-state index in [2.05, 4.69) is 40.6 Å². The van der Waals surface area contributed by atoms with E-state index in [1.54, 1.807) is 18.4 Å². The lowest BCUT2D eigenvalue weighted by molar-refractivity contribution is 0.415. The predicted octanol–water partition coefficient (Wildman–Crippen LogP) is 6.19. The molecule has 0 saturated carbocycles. The van der Waals surface area contributed by atoms with Gasteiger partial charge in [0.15, 0.2) is 0 Å². The first-order chi connectivity index (χ1) is 13.7. The number of anilines is 1. The van der Waals surface area contributed by atoms with E-state index < -0.39 is 0 Å². The van der Waals surface area contributed by atoms with Crippen LogP contribution in [-0.2, 0) is 13.0 Å². The summed E-state index contributed by atoms with van der Waals surface area (Å²) in [6.07, 6.45) is 0.988. The molecule has 0 saturated heterocycles.